The lowest BCUT2D eigenvalue weighted by molar-refractivity contribution is 0.00578. The summed E-state index contributed by atoms with van der Waals surface area (Å²) in [6.45, 7) is 8.44. The molecule has 0 bridgehead atoms. The van der Waals surface area contributed by atoms with Gasteiger partial charge in [-0.25, -0.2) is 0 Å². The van der Waals surface area contributed by atoms with Crippen molar-refractivity contribution in [2.45, 2.75) is 51.7 Å². The lowest BCUT2D eigenvalue weighted by Crippen LogP contribution is -2.41. The number of fused-ring (bicyclic) bond motifs is 9. The molecule has 0 atom stereocenters. The molecule has 0 radical (unpaired) electrons. The molecule has 1 aliphatic carbocycles. The number of rotatable bonds is 1. The first-order valence-electron chi connectivity index (χ1n) is 14.2. The highest BCUT2D eigenvalue weighted by molar-refractivity contribution is 6.64. The summed E-state index contributed by atoms with van der Waals surface area (Å²) in [7, 11) is -0.480. The van der Waals surface area contributed by atoms with Gasteiger partial charge in [-0.15, -0.1) is 0 Å². The Labute approximate surface area is 236 Å². The quantitative estimate of drug-likeness (QED) is 0.206. The predicted molar refractivity (Wildman–Crippen MR) is 166 cm³/mol. The van der Waals surface area contributed by atoms with Crippen LogP contribution in [0.3, 0.4) is 0 Å². The smallest absolute Gasteiger partial charge is 0.455 e. The number of hydrogen-bond acceptors (Lipinski definition) is 3. The van der Waals surface area contributed by atoms with Gasteiger partial charge in [0.1, 0.15) is 11.2 Å². The molecule has 2 aliphatic rings. The fourth-order valence-electron chi connectivity index (χ4n) is 6.04. The Morgan fingerprint density at radius 2 is 1.27 bits per heavy atom. The zero-order valence-electron chi connectivity index (χ0n) is 23.5. The summed E-state index contributed by atoms with van der Waals surface area (Å²) in [5, 5.41) is 2.26. The predicted octanol–water partition coefficient (Wildman–Crippen LogP) is 8.43. The van der Waals surface area contributed by atoms with E-state index in [1.807, 2.05) is 6.07 Å². The third-order valence-electron chi connectivity index (χ3n) is 8.85. The second-order valence-electron chi connectivity index (χ2n) is 11.9. The van der Waals surface area contributed by atoms with Crippen LogP contribution in [-0.2, 0) is 22.2 Å². The van der Waals surface area contributed by atoms with Gasteiger partial charge in [-0.2, -0.15) is 0 Å². The van der Waals surface area contributed by atoms with Crippen LogP contribution in [0, 0.1) is 0 Å². The van der Waals surface area contributed by atoms with E-state index in [2.05, 4.69) is 125 Å². The Hall–Kier alpha value is -3.86. The third kappa shape index (κ3) is 3.97. The summed E-state index contributed by atoms with van der Waals surface area (Å²) in [5.41, 5.74) is 9.07. The van der Waals surface area contributed by atoms with Crippen LogP contribution in [0.4, 0.5) is 0 Å². The monoisotopic (exact) mass is 524 g/mol. The molecule has 0 unspecified atom stereocenters. The van der Waals surface area contributed by atoms with E-state index in [1.54, 1.807) is 0 Å². The van der Waals surface area contributed by atoms with Crippen molar-refractivity contribution < 1.29 is 13.7 Å². The maximum Gasteiger partial charge on any atom is 0.495 e. The summed E-state index contributed by atoms with van der Waals surface area (Å²) >= 11 is 0. The van der Waals surface area contributed by atoms with Crippen LogP contribution in [0.15, 0.2) is 108 Å². The van der Waals surface area contributed by atoms with Crippen LogP contribution in [-0.4, -0.2) is 18.3 Å². The average Bonchev–Trinajstić information content (AvgIpc) is 3.42. The molecule has 198 valence electrons. The molecule has 4 aromatic carbocycles. The van der Waals surface area contributed by atoms with E-state index in [1.165, 1.54) is 16.7 Å². The molecule has 4 heteroatoms. The number of para-hydroxylation sites is 1. The zero-order chi connectivity index (χ0) is 27.5. The van der Waals surface area contributed by atoms with Gasteiger partial charge in [0.15, 0.2) is 0 Å². The SMILES string of the molecule is CC1(C)OB(c2cccc3c2-c2ccc4c(oc5ccccc54)c2-c2ccccc2CC=CC=CC3)OC1(C)C. The molecule has 1 aliphatic heterocycles. The number of hydrogen-bond donors (Lipinski definition) is 0. The molecule has 1 fully saturated rings. The molecule has 0 N–H and O–H groups in total. The van der Waals surface area contributed by atoms with Gasteiger partial charge in [-0.05, 0) is 85.9 Å². The van der Waals surface area contributed by atoms with Crippen molar-refractivity contribution in [3.8, 4) is 22.3 Å². The Bertz CT molecular complexity index is 1810. The summed E-state index contributed by atoms with van der Waals surface area (Å²) in [6, 6.07) is 28.0. The minimum absolute atomic E-state index is 0.436. The standard InChI is InChI=1S/C36H33BO3/c1-35(2)36(3,4)40-37(39-35)30-20-13-17-25-16-8-6-5-7-14-24-15-9-10-18-26(24)33-29(32(25)30)23-22-28-27-19-11-12-21-31(27)38-34(28)33/h5-13,15,17-23H,14,16H2,1-4H3. The summed E-state index contributed by atoms with van der Waals surface area (Å²) in [5.74, 6) is 0. The van der Waals surface area contributed by atoms with E-state index in [4.69, 9.17) is 13.7 Å². The fraction of sp³-hybridized carbons (Fsp3) is 0.222. The topological polar surface area (TPSA) is 31.6 Å². The maximum atomic E-state index is 6.68. The first kappa shape index (κ1) is 25.1. The molecule has 0 saturated carbocycles. The molecule has 2 heterocycles. The Balaban J connectivity index is 1.59. The molecular weight excluding hydrogens is 491 g/mol. The van der Waals surface area contributed by atoms with Gasteiger partial charge in [-0.3, -0.25) is 0 Å². The molecule has 0 spiro atoms. The van der Waals surface area contributed by atoms with Gasteiger partial charge in [0.05, 0.1) is 11.2 Å². The van der Waals surface area contributed by atoms with Crippen molar-refractivity contribution in [1.29, 1.82) is 0 Å². The fourth-order valence-corrected chi connectivity index (χ4v) is 6.04. The largest absolute Gasteiger partial charge is 0.495 e. The van der Waals surface area contributed by atoms with Crippen molar-refractivity contribution in [3.63, 3.8) is 0 Å². The van der Waals surface area contributed by atoms with Crippen LogP contribution in [0.5, 0.6) is 0 Å². The van der Waals surface area contributed by atoms with E-state index in [0.29, 0.717) is 0 Å². The second kappa shape index (κ2) is 9.37. The van der Waals surface area contributed by atoms with Crippen molar-refractivity contribution in [1.82, 2.24) is 0 Å². The number of furan rings is 1. The number of benzene rings is 4. The van der Waals surface area contributed by atoms with Crippen LogP contribution in [0.1, 0.15) is 38.8 Å². The van der Waals surface area contributed by atoms with Crippen LogP contribution in [0.2, 0.25) is 0 Å². The van der Waals surface area contributed by atoms with Crippen LogP contribution in [0.25, 0.3) is 44.2 Å². The Morgan fingerprint density at radius 3 is 2.08 bits per heavy atom. The molecule has 1 aromatic heterocycles. The van der Waals surface area contributed by atoms with Gasteiger partial charge in [0.2, 0.25) is 0 Å². The normalized spacial score (nSPS) is 17.8. The molecule has 7 rings (SSSR count). The number of allylic oxidation sites excluding steroid dienone is 4. The highest BCUT2D eigenvalue weighted by Crippen LogP contribution is 2.45. The van der Waals surface area contributed by atoms with Crippen molar-refractivity contribution in [3.05, 3.63) is 114 Å². The Morgan fingerprint density at radius 1 is 0.600 bits per heavy atom. The van der Waals surface area contributed by atoms with Crippen molar-refractivity contribution in [2.24, 2.45) is 0 Å². The Kier molecular flexibility index (Phi) is 5.88. The van der Waals surface area contributed by atoms with Crippen molar-refractivity contribution >= 4 is 34.5 Å². The van der Waals surface area contributed by atoms with E-state index in [9.17, 15) is 0 Å². The van der Waals surface area contributed by atoms with E-state index in [0.717, 1.165) is 56.9 Å². The first-order valence-corrected chi connectivity index (χ1v) is 14.2. The minimum Gasteiger partial charge on any atom is -0.455 e. The van der Waals surface area contributed by atoms with Gasteiger partial charge in [-0.1, -0.05) is 91.0 Å². The maximum absolute atomic E-state index is 6.68. The van der Waals surface area contributed by atoms with Gasteiger partial charge in [0, 0.05) is 16.3 Å². The van der Waals surface area contributed by atoms with E-state index >= 15 is 0 Å². The lowest BCUT2D eigenvalue weighted by atomic mass is 9.71. The summed E-state index contributed by atoms with van der Waals surface area (Å²) < 4.78 is 20.0. The van der Waals surface area contributed by atoms with Crippen LogP contribution < -0.4 is 5.46 Å². The molecule has 3 nitrogen and oxygen atoms in total. The van der Waals surface area contributed by atoms with Crippen molar-refractivity contribution in [2.75, 3.05) is 0 Å². The lowest BCUT2D eigenvalue weighted by Gasteiger charge is -2.32. The molecule has 0 amide bonds. The molecular formula is C36H33BO3. The minimum atomic E-state index is -0.480. The second-order valence-corrected chi connectivity index (χ2v) is 11.9. The van der Waals surface area contributed by atoms with Gasteiger partial charge in [0.25, 0.3) is 0 Å². The highest BCUT2D eigenvalue weighted by Gasteiger charge is 2.52. The van der Waals surface area contributed by atoms with E-state index in [-0.39, 0.29) is 0 Å². The van der Waals surface area contributed by atoms with Gasteiger partial charge < -0.3 is 13.7 Å². The van der Waals surface area contributed by atoms with Crippen LogP contribution >= 0.6 is 0 Å². The van der Waals surface area contributed by atoms with Gasteiger partial charge >= 0.3 is 7.12 Å². The average molecular weight is 524 g/mol. The summed E-state index contributed by atoms with van der Waals surface area (Å²) in [4.78, 5) is 0. The highest BCUT2D eigenvalue weighted by atomic mass is 16.7. The molecule has 5 aromatic rings. The zero-order valence-corrected chi connectivity index (χ0v) is 23.5. The molecule has 40 heavy (non-hydrogen) atoms. The summed E-state index contributed by atoms with van der Waals surface area (Å²) in [6.07, 6.45) is 10.4. The first-order chi connectivity index (χ1) is 19.3. The third-order valence-corrected chi connectivity index (χ3v) is 8.85. The van der Waals surface area contributed by atoms with E-state index < -0.39 is 18.3 Å². The molecule has 1 saturated heterocycles.